The summed E-state index contributed by atoms with van der Waals surface area (Å²) in [6.07, 6.45) is 13.1. The molecule has 0 bridgehead atoms. The Kier molecular flexibility index (Phi) is 14.6. The molecule has 50 heavy (non-hydrogen) atoms. The zero-order chi connectivity index (χ0) is 35.1. The van der Waals surface area contributed by atoms with Crippen molar-refractivity contribution >= 4 is 34.5 Å². The number of likely N-dealkylation sites (tertiary alicyclic amines) is 1. The third-order valence-corrected chi connectivity index (χ3v) is 9.55. The third kappa shape index (κ3) is 11.9. The van der Waals surface area contributed by atoms with Crippen molar-refractivity contribution in [3.63, 3.8) is 0 Å². The van der Waals surface area contributed by atoms with Gasteiger partial charge in [0.2, 0.25) is 17.8 Å². The number of nitrogens with one attached hydrogen (secondary N) is 5. The highest BCUT2D eigenvalue weighted by molar-refractivity contribution is 5.90. The monoisotopic (exact) mass is 690 g/mol. The lowest BCUT2D eigenvalue weighted by Crippen LogP contribution is -2.45. The predicted molar refractivity (Wildman–Crippen MR) is 198 cm³/mol. The lowest BCUT2D eigenvalue weighted by Gasteiger charge is -2.33. The molecule has 0 radical (unpaired) electrons. The molecule has 2 aliphatic rings. The van der Waals surface area contributed by atoms with E-state index in [-0.39, 0.29) is 30.3 Å². The molecule has 2 aromatic heterocycles. The fourth-order valence-electron chi connectivity index (χ4n) is 6.71. The quantitative estimate of drug-likeness (QED) is 0.102. The number of nitrogens with two attached hydrogens (primary N) is 1. The second-order valence-electron chi connectivity index (χ2n) is 14.1. The van der Waals surface area contributed by atoms with Gasteiger partial charge < -0.3 is 37.2 Å². The van der Waals surface area contributed by atoms with E-state index in [0.717, 1.165) is 80.3 Å². The molecule has 5 rings (SSSR count). The molecule has 3 aromatic rings. The van der Waals surface area contributed by atoms with E-state index in [1.165, 1.54) is 32.1 Å². The Morgan fingerprint density at radius 2 is 1.74 bits per heavy atom. The zero-order valence-corrected chi connectivity index (χ0v) is 30.0. The molecule has 2 amide bonds. The van der Waals surface area contributed by atoms with Crippen LogP contribution in [0.3, 0.4) is 0 Å². The van der Waals surface area contributed by atoms with Crippen LogP contribution >= 0.6 is 0 Å². The van der Waals surface area contributed by atoms with Gasteiger partial charge >= 0.3 is 0 Å². The van der Waals surface area contributed by atoms with Crippen LogP contribution in [0.25, 0.3) is 10.9 Å². The highest BCUT2D eigenvalue weighted by Crippen LogP contribution is 2.25. The number of amides is 2. The van der Waals surface area contributed by atoms with Gasteiger partial charge in [-0.05, 0) is 90.6 Å². The maximum Gasteiger partial charge on any atom is 0.237 e. The number of benzene rings is 1. The van der Waals surface area contributed by atoms with Crippen molar-refractivity contribution in [3.8, 4) is 0 Å². The number of fused-ring (bicyclic) bond motifs is 1. The number of carbonyl (C=O) groups excluding carboxylic acids is 2. The van der Waals surface area contributed by atoms with E-state index < -0.39 is 6.04 Å². The molecule has 2 fully saturated rings. The molecule has 3 heterocycles. The SMILES string of the molecule is CC(C)NC(=O)[C@@H](N)CCC(=O)N1CCC(Nc2nc(NCc3cn(CCCNCCCNC4CCCCC4)nn3)nc3ccccc23)CC1. The summed E-state index contributed by atoms with van der Waals surface area (Å²) in [6, 6.07) is 8.20. The summed E-state index contributed by atoms with van der Waals surface area (Å²) < 4.78 is 1.90. The van der Waals surface area contributed by atoms with Crippen LogP contribution in [0.1, 0.15) is 90.2 Å². The standard InChI is InChI=1S/C36H58N12O2/c1-26(2)41-35(50)31(37)14-15-33(49)47-22-16-28(17-23-47)42-34-30-12-6-7-13-32(30)43-36(44-34)40-24-29-25-48(46-45-29)21-9-19-38-18-8-20-39-27-10-4-3-5-11-27/h6-7,12-13,25-28,31,38-39H,3-5,8-11,14-24,37H2,1-2H3,(H,41,50)(H2,40,42,43,44)/t31-/m0/s1. The van der Waals surface area contributed by atoms with E-state index in [2.05, 4.69) is 36.9 Å². The van der Waals surface area contributed by atoms with Crippen LogP contribution in [0.4, 0.5) is 11.8 Å². The van der Waals surface area contributed by atoms with Gasteiger partial charge in [0.25, 0.3) is 0 Å². The minimum atomic E-state index is -0.679. The van der Waals surface area contributed by atoms with Gasteiger partial charge in [-0.1, -0.05) is 36.6 Å². The number of hydrogen-bond donors (Lipinski definition) is 6. The summed E-state index contributed by atoms with van der Waals surface area (Å²) in [6.45, 7) is 9.43. The molecular weight excluding hydrogens is 632 g/mol. The van der Waals surface area contributed by atoms with Crippen molar-refractivity contribution in [2.24, 2.45) is 5.73 Å². The van der Waals surface area contributed by atoms with Crippen molar-refractivity contribution in [2.45, 2.75) is 122 Å². The van der Waals surface area contributed by atoms with Crippen LogP contribution < -0.4 is 32.3 Å². The van der Waals surface area contributed by atoms with Gasteiger partial charge in [-0.25, -0.2) is 4.98 Å². The first-order chi connectivity index (χ1) is 24.3. The lowest BCUT2D eigenvalue weighted by molar-refractivity contribution is -0.132. The van der Waals surface area contributed by atoms with Crippen LogP contribution in [-0.4, -0.2) is 98.6 Å². The summed E-state index contributed by atoms with van der Waals surface area (Å²) in [5.74, 6) is 1.12. The first-order valence-corrected chi connectivity index (χ1v) is 18.8. The number of hydrogen-bond acceptors (Lipinski definition) is 11. The minimum absolute atomic E-state index is 0.0211. The lowest BCUT2D eigenvalue weighted by atomic mass is 9.95. The highest BCUT2D eigenvalue weighted by atomic mass is 16.2. The Bertz CT molecular complexity index is 1480. The van der Waals surface area contributed by atoms with Crippen LogP contribution in [0, 0.1) is 0 Å². The van der Waals surface area contributed by atoms with Gasteiger partial charge in [0, 0.05) is 49.6 Å². The molecule has 14 nitrogen and oxygen atoms in total. The van der Waals surface area contributed by atoms with Crippen molar-refractivity contribution in [1.29, 1.82) is 0 Å². The summed E-state index contributed by atoms with van der Waals surface area (Å²) in [5.41, 5.74) is 7.67. The normalized spacial score (nSPS) is 16.5. The third-order valence-electron chi connectivity index (χ3n) is 9.55. The van der Waals surface area contributed by atoms with Gasteiger partial charge in [0.05, 0.1) is 24.3 Å². The number of piperidine rings is 1. The van der Waals surface area contributed by atoms with Gasteiger partial charge in [-0.3, -0.25) is 14.3 Å². The van der Waals surface area contributed by atoms with E-state index in [1.54, 1.807) is 0 Å². The van der Waals surface area contributed by atoms with E-state index >= 15 is 0 Å². The first-order valence-electron chi connectivity index (χ1n) is 18.8. The molecule has 1 atom stereocenters. The fourth-order valence-corrected chi connectivity index (χ4v) is 6.71. The molecule has 1 aliphatic heterocycles. The Labute approximate surface area is 296 Å². The number of carbonyl (C=O) groups is 2. The largest absolute Gasteiger partial charge is 0.367 e. The maximum absolute atomic E-state index is 12.8. The Balaban J connectivity index is 1.03. The Morgan fingerprint density at radius 3 is 2.54 bits per heavy atom. The average Bonchev–Trinajstić information content (AvgIpc) is 3.58. The maximum atomic E-state index is 12.8. The number of aryl methyl sites for hydroxylation is 1. The molecule has 1 saturated heterocycles. The number of nitrogens with zero attached hydrogens (tertiary/aromatic N) is 6. The van der Waals surface area contributed by atoms with Crippen LogP contribution in [0.2, 0.25) is 0 Å². The van der Waals surface area contributed by atoms with Gasteiger partial charge in [0.1, 0.15) is 11.5 Å². The topological polar surface area (TPSA) is 180 Å². The second kappa shape index (κ2) is 19.5. The van der Waals surface area contributed by atoms with Crippen molar-refractivity contribution in [2.75, 3.05) is 43.4 Å². The second-order valence-corrected chi connectivity index (χ2v) is 14.1. The predicted octanol–water partition coefficient (Wildman–Crippen LogP) is 3.16. The molecule has 14 heteroatoms. The van der Waals surface area contributed by atoms with Crippen molar-refractivity contribution < 1.29 is 9.59 Å². The summed E-state index contributed by atoms with van der Waals surface area (Å²) in [4.78, 5) is 36.4. The molecule has 0 unspecified atom stereocenters. The zero-order valence-electron chi connectivity index (χ0n) is 30.0. The summed E-state index contributed by atoms with van der Waals surface area (Å²) in [5, 5.41) is 26.6. The first kappa shape index (κ1) is 37.4. The van der Waals surface area contributed by atoms with E-state index in [1.807, 2.05) is 53.9 Å². The van der Waals surface area contributed by atoms with E-state index in [0.29, 0.717) is 32.0 Å². The van der Waals surface area contributed by atoms with E-state index in [4.69, 9.17) is 15.7 Å². The van der Waals surface area contributed by atoms with Crippen molar-refractivity contribution in [1.82, 2.24) is 45.8 Å². The molecule has 1 aromatic carbocycles. The minimum Gasteiger partial charge on any atom is -0.367 e. The van der Waals surface area contributed by atoms with Crippen molar-refractivity contribution in [3.05, 3.63) is 36.2 Å². The summed E-state index contributed by atoms with van der Waals surface area (Å²) in [7, 11) is 0. The summed E-state index contributed by atoms with van der Waals surface area (Å²) >= 11 is 0. The Morgan fingerprint density at radius 1 is 0.960 bits per heavy atom. The fraction of sp³-hybridized carbons (Fsp3) is 0.667. The van der Waals surface area contributed by atoms with Crippen LogP contribution in [0.15, 0.2) is 30.5 Å². The van der Waals surface area contributed by atoms with E-state index in [9.17, 15) is 9.59 Å². The number of para-hydroxylation sites is 1. The van der Waals surface area contributed by atoms with Gasteiger partial charge in [0.15, 0.2) is 0 Å². The van der Waals surface area contributed by atoms with Gasteiger partial charge in [-0.2, -0.15) is 4.98 Å². The number of anilines is 2. The highest BCUT2D eigenvalue weighted by Gasteiger charge is 2.25. The number of aromatic nitrogens is 5. The average molecular weight is 691 g/mol. The smallest absolute Gasteiger partial charge is 0.237 e. The molecule has 1 saturated carbocycles. The molecule has 7 N–H and O–H groups in total. The molecule has 1 aliphatic carbocycles. The molecule has 274 valence electrons. The number of rotatable bonds is 19. The van der Waals surface area contributed by atoms with Crippen LogP contribution in [0.5, 0.6) is 0 Å². The molecule has 0 spiro atoms. The molecular formula is C36H58N12O2. The Hall–Kier alpha value is -3.88. The van der Waals surface area contributed by atoms with Gasteiger partial charge in [-0.15, -0.1) is 5.10 Å². The van der Waals surface area contributed by atoms with Crippen LogP contribution in [-0.2, 0) is 22.7 Å².